The van der Waals surface area contributed by atoms with Gasteiger partial charge in [0.05, 0.1) is 5.56 Å². The van der Waals surface area contributed by atoms with Crippen LogP contribution < -0.4 is 4.74 Å². The molecule has 7 nitrogen and oxygen atoms in total. The van der Waals surface area contributed by atoms with Crippen LogP contribution in [-0.2, 0) is 24.4 Å². The fraction of sp³-hybridized carbons (Fsp3) is 0.391. The minimum Gasteiger partial charge on any atom is -0.473 e. The average molecular weight is 404 g/mol. The number of aromatic nitrogens is 3. The standard InChI is InChI=1S/C23H24N4O3/c1-14-3-4-18(10-24-14)22-20(15(2)30-26-22)13-29-21-9-17-7-8-27(12-19(17)11-25-21)23(28)16-5-6-16/h3-4,9-11,16H,5-8,12-13H2,1-2H3. The largest absolute Gasteiger partial charge is 0.473 e. The molecule has 4 heterocycles. The van der Waals surface area contributed by atoms with Crippen molar-refractivity contribution < 1.29 is 14.1 Å². The summed E-state index contributed by atoms with van der Waals surface area (Å²) in [6, 6.07) is 5.92. The lowest BCUT2D eigenvalue weighted by Crippen LogP contribution is -2.36. The van der Waals surface area contributed by atoms with Gasteiger partial charge in [0.25, 0.3) is 0 Å². The molecule has 1 aliphatic heterocycles. The van der Waals surface area contributed by atoms with Gasteiger partial charge in [-0.15, -0.1) is 0 Å². The van der Waals surface area contributed by atoms with E-state index >= 15 is 0 Å². The zero-order valence-corrected chi connectivity index (χ0v) is 17.2. The van der Waals surface area contributed by atoms with E-state index in [1.54, 1.807) is 6.20 Å². The highest BCUT2D eigenvalue weighted by Crippen LogP contribution is 2.33. The lowest BCUT2D eigenvalue weighted by atomic mass is 10.0. The van der Waals surface area contributed by atoms with Gasteiger partial charge in [-0.1, -0.05) is 5.16 Å². The van der Waals surface area contributed by atoms with Crippen molar-refractivity contribution in [3.8, 4) is 17.1 Å². The first-order valence-corrected chi connectivity index (χ1v) is 10.4. The van der Waals surface area contributed by atoms with Crippen LogP contribution in [-0.4, -0.2) is 32.5 Å². The Labute approximate surface area is 175 Å². The molecule has 1 aliphatic carbocycles. The highest BCUT2D eigenvalue weighted by molar-refractivity contribution is 5.81. The summed E-state index contributed by atoms with van der Waals surface area (Å²) < 4.78 is 11.4. The maximum absolute atomic E-state index is 12.3. The van der Waals surface area contributed by atoms with Gasteiger partial charge < -0.3 is 14.2 Å². The number of nitrogens with zero attached hydrogens (tertiary/aromatic N) is 4. The van der Waals surface area contributed by atoms with Crippen molar-refractivity contribution in [3.63, 3.8) is 0 Å². The minimum absolute atomic E-state index is 0.256. The number of fused-ring (bicyclic) bond motifs is 1. The van der Waals surface area contributed by atoms with E-state index in [0.717, 1.165) is 59.6 Å². The molecular formula is C23H24N4O3. The van der Waals surface area contributed by atoms with Crippen LogP contribution in [0.2, 0.25) is 0 Å². The van der Waals surface area contributed by atoms with Crippen LogP contribution in [0.15, 0.2) is 35.1 Å². The summed E-state index contributed by atoms with van der Waals surface area (Å²) in [5, 5.41) is 4.19. The number of carbonyl (C=O) groups is 1. The second-order valence-corrected chi connectivity index (χ2v) is 8.12. The molecule has 3 aromatic heterocycles. The van der Waals surface area contributed by atoms with E-state index in [4.69, 9.17) is 9.26 Å². The molecule has 0 unspecified atom stereocenters. The van der Waals surface area contributed by atoms with Gasteiger partial charge in [0.2, 0.25) is 11.8 Å². The van der Waals surface area contributed by atoms with Crippen molar-refractivity contribution in [2.24, 2.45) is 5.92 Å². The normalized spacial score (nSPS) is 15.7. The molecule has 2 aliphatic rings. The number of hydrogen-bond donors (Lipinski definition) is 0. The lowest BCUT2D eigenvalue weighted by Gasteiger charge is -2.29. The number of rotatable bonds is 5. The SMILES string of the molecule is Cc1ccc(-c2noc(C)c2COc2cc3c(cn2)CN(C(=O)C2CC2)CC3)cn1. The first-order valence-electron chi connectivity index (χ1n) is 10.4. The fourth-order valence-corrected chi connectivity index (χ4v) is 3.82. The molecule has 1 fully saturated rings. The molecule has 7 heteroatoms. The van der Waals surface area contributed by atoms with E-state index < -0.39 is 0 Å². The molecule has 0 aromatic carbocycles. The van der Waals surface area contributed by atoms with E-state index in [2.05, 4.69) is 15.1 Å². The zero-order valence-electron chi connectivity index (χ0n) is 17.2. The smallest absolute Gasteiger partial charge is 0.225 e. The number of aryl methyl sites for hydroxylation is 2. The van der Waals surface area contributed by atoms with Crippen molar-refractivity contribution in [2.45, 2.75) is 46.3 Å². The maximum Gasteiger partial charge on any atom is 0.225 e. The minimum atomic E-state index is 0.256. The van der Waals surface area contributed by atoms with Gasteiger partial charge in [-0.3, -0.25) is 9.78 Å². The third kappa shape index (κ3) is 3.67. The van der Waals surface area contributed by atoms with Gasteiger partial charge in [0.15, 0.2) is 0 Å². The number of carbonyl (C=O) groups excluding carboxylic acids is 1. The maximum atomic E-state index is 12.3. The van der Waals surface area contributed by atoms with Crippen LogP contribution in [0.3, 0.4) is 0 Å². The number of ether oxygens (including phenoxy) is 1. The van der Waals surface area contributed by atoms with Gasteiger partial charge in [-0.2, -0.15) is 0 Å². The zero-order chi connectivity index (χ0) is 20.7. The monoisotopic (exact) mass is 404 g/mol. The molecule has 0 bridgehead atoms. The van der Waals surface area contributed by atoms with E-state index in [-0.39, 0.29) is 5.92 Å². The first kappa shape index (κ1) is 18.8. The summed E-state index contributed by atoms with van der Waals surface area (Å²) >= 11 is 0. The molecule has 3 aromatic rings. The summed E-state index contributed by atoms with van der Waals surface area (Å²) in [7, 11) is 0. The van der Waals surface area contributed by atoms with Gasteiger partial charge in [-0.25, -0.2) is 4.98 Å². The van der Waals surface area contributed by atoms with Crippen LogP contribution in [0.4, 0.5) is 0 Å². The average Bonchev–Trinajstić information content (AvgIpc) is 3.55. The van der Waals surface area contributed by atoms with Crippen LogP contribution in [0.5, 0.6) is 5.88 Å². The molecule has 0 spiro atoms. The Hall–Kier alpha value is -3.22. The molecule has 0 saturated heterocycles. The van der Waals surface area contributed by atoms with Crippen LogP contribution in [0.25, 0.3) is 11.3 Å². The van der Waals surface area contributed by atoms with Crippen LogP contribution in [0, 0.1) is 19.8 Å². The third-order valence-corrected chi connectivity index (χ3v) is 5.84. The highest BCUT2D eigenvalue weighted by Gasteiger charge is 2.34. The van der Waals surface area contributed by atoms with Crippen LogP contribution in [0.1, 0.15) is 41.0 Å². The second-order valence-electron chi connectivity index (χ2n) is 8.12. The summed E-state index contributed by atoms with van der Waals surface area (Å²) in [4.78, 5) is 23.1. The van der Waals surface area contributed by atoms with Gasteiger partial charge in [0, 0.05) is 48.7 Å². The fourth-order valence-electron chi connectivity index (χ4n) is 3.82. The summed E-state index contributed by atoms with van der Waals surface area (Å²) in [5.74, 6) is 1.84. The summed E-state index contributed by atoms with van der Waals surface area (Å²) in [6.45, 7) is 5.55. The van der Waals surface area contributed by atoms with Crippen molar-refractivity contribution in [1.29, 1.82) is 0 Å². The number of pyridine rings is 2. The Morgan fingerprint density at radius 1 is 1.20 bits per heavy atom. The van der Waals surface area contributed by atoms with Crippen molar-refractivity contribution in [1.82, 2.24) is 20.0 Å². The van der Waals surface area contributed by atoms with Crippen molar-refractivity contribution in [3.05, 3.63) is 58.7 Å². The van der Waals surface area contributed by atoms with E-state index in [1.165, 1.54) is 5.56 Å². The molecular weight excluding hydrogens is 380 g/mol. The van der Waals surface area contributed by atoms with Gasteiger partial charge >= 0.3 is 0 Å². The third-order valence-electron chi connectivity index (χ3n) is 5.84. The highest BCUT2D eigenvalue weighted by atomic mass is 16.5. The molecule has 0 radical (unpaired) electrons. The molecule has 1 saturated carbocycles. The topological polar surface area (TPSA) is 81.4 Å². The van der Waals surface area contributed by atoms with Gasteiger partial charge in [0.1, 0.15) is 18.1 Å². The van der Waals surface area contributed by atoms with E-state index in [1.807, 2.05) is 43.1 Å². The summed E-state index contributed by atoms with van der Waals surface area (Å²) in [5.41, 5.74) is 5.79. The van der Waals surface area contributed by atoms with Gasteiger partial charge in [-0.05, 0) is 56.4 Å². The van der Waals surface area contributed by atoms with Crippen molar-refractivity contribution >= 4 is 5.91 Å². The van der Waals surface area contributed by atoms with E-state index in [0.29, 0.717) is 24.9 Å². The molecule has 30 heavy (non-hydrogen) atoms. The number of amides is 1. The Bertz CT molecular complexity index is 1090. The first-order chi connectivity index (χ1) is 14.6. The Morgan fingerprint density at radius 3 is 2.83 bits per heavy atom. The molecule has 1 amide bonds. The summed E-state index contributed by atoms with van der Waals surface area (Å²) in [6.07, 6.45) is 6.54. The number of hydrogen-bond acceptors (Lipinski definition) is 6. The lowest BCUT2D eigenvalue weighted by molar-refractivity contribution is -0.133. The Balaban J connectivity index is 1.29. The quantitative estimate of drug-likeness (QED) is 0.646. The Kier molecular flexibility index (Phi) is 4.73. The molecule has 5 rings (SSSR count). The molecule has 0 atom stereocenters. The second kappa shape index (κ2) is 7.55. The van der Waals surface area contributed by atoms with Crippen LogP contribution >= 0.6 is 0 Å². The molecule has 154 valence electrons. The molecule has 0 N–H and O–H groups in total. The Morgan fingerprint density at radius 2 is 2.07 bits per heavy atom. The predicted octanol–water partition coefficient (Wildman–Crippen LogP) is 3.62. The predicted molar refractivity (Wildman–Crippen MR) is 110 cm³/mol. The van der Waals surface area contributed by atoms with E-state index in [9.17, 15) is 4.79 Å². The van der Waals surface area contributed by atoms with Crippen molar-refractivity contribution in [2.75, 3.05) is 6.54 Å².